The quantitative estimate of drug-likeness (QED) is 0.0900. The first kappa shape index (κ1) is 88.1. The Bertz CT molecular complexity index is 10000. The Hall–Kier alpha value is -19.9. The molecule has 0 aliphatic rings. The summed E-state index contributed by atoms with van der Waals surface area (Å²) in [6, 6.07) is 200. The molecule has 29 rings (SSSR count). The molecule has 0 saturated heterocycles. The van der Waals surface area contributed by atoms with E-state index in [1.165, 1.54) is 82.7 Å². The molecule has 29 aromatic rings. The maximum Gasteiger partial charge on any atom is 0.143 e. The highest BCUT2D eigenvalue weighted by molar-refractivity contribution is 6.27. The zero-order chi connectivity index (χ0) is 98.6. The maximum atomic E-state index is 6.92. The van der Waals surface area contributed by atoms with Crippen LogP contribution >= 0.6 is 0 Å². The second-order valence-electron chi connectivity index (χ2n) is 37.9. The molecule has 0 aliphatic heterocycles. The van der Waals surface area contributed by atoms with Gasteiger partial charge < -0.3 is 32.4 Å². The molecule has 0 spiro atoms. The first-order valence-electron chi connectivity index (χ1n) is 50.7. The fraction of sp³-hybridized carbons (Fsp3) is 0. The van der Waals surface area contributed by atoms with E-state index >= 15 is 0 Å². The van der Waals surface area contributed by atoms with Crippen LogP contribution in [-0.2, 0) is 0 Å². The number of hydrogen-bond acceptors (Lipinski definition) is 7. The van der Waals surface area contributed by atoms with Crippen molar-refractivity contribution in [3.63, 3.8) is 0 Å². The summed E-state index contributed by atoms with van der Waals surface area (Å²) in [5.41, 5.74) is 35.5. The standard InChI is InChI=1S/C58H37NO2.C44H29NO.C40H27NO/c1-3-15-38(16-4-1)39-29-31-42(32-30-39)50-37-51-56-53(26-14-28-55(56)61-58(51)48-22-8-7-20-46(48)50)59(52-25-11-9-19-44(52)40-17-5-2-6-18-40)43-35-33-41(34-36-43)45-23-13-24-49-47-21-10-12-27-54(47)60-57(45)49;1-3-13-30(14-4-1)32-17-11-18-34(27-32)39-29-40-43-41(23-12-24-42(43)46-44(40)38-22-10-9-21-37(38)39)45(35-19-5-2-6-20-35)36-26-25-31-15-7-8-16-33(31)28-36;1-4-14-28(15-5-1)29-16-12-17-30(26-29)35-27-36-39-37(41(31-18-6-2-7-19-31)32-20-8-3-9-21-32)24-13-25-38(39)42-40(36)34-23-11-10-22-33(34)35/h1-37H;1-29H;1-27H. The minimum atomic E-state index is 0.838. The summed E-state index contributed by atoms with van der Waals surface area (Å²) < 4.78 is 26.8. The van der Waals surface area contributed by atoms with Crippen LogP contribution in [0.25, 0.3) is 220 Å². The summed E-state index contributed by atoms with van der Waals surface area (Å²) in [6.45, 7) is 0. The van der Waals surface area contributed by atoms with E-state index in [0.29, 0.717) is 0 Å². The minimum absolute atomic E-state index is 0.838. The van der Waals surface area contributed by atoms with Crippen molar-refractivity contribution in [2.24, 2.45) is 0 Å². The molecule has 25 aromatic carbocycles. The summed E-state index contributed by atoms with van der Waals surface area (Å²) in [7, 11) is 0. The van der Waals surface area contributed by atoms with Crippen LogP contribution in [0.2, 0.25) is 0 Å². The van der Waals surface area contributed by atoms with Crippen molar-refractivity contribution in [1.82, 2.24) is 0 Å². The van der Waals surface area contributed by atoms with Gasteiger partial charge in [-0.2, -0.15) is 0 Å². The Kier molecular flexibility index (Phi) is 22.5. The van der Waals surface area contributed by atoms with Gasteiger partial charge in [-0.15, -0.1) is 0 Å². The molecule has 7 heteroatoms. The largest absolute Gasteiger partial charge is 0.455 e. The summed E-state index contributed by atoms with van der Waals surface area (Å²) in [6.07, 6.45) is 0. The van der Waals surface area contributed by atoms with E-state index in [4.69, 9.17) is 17.7 Å². The fourth-order valence-electron chi connectivity index (χ4n) is 22.2. The molecular weight excluding hydrogens is 1810 g/mol. The van der Waals surface area contributed by atoms with E-state index < -0.39 is 0 Å². The number of fused-ring (bicyclic) bond motifs is 19. The van der Waals surface area contributed by atoms with Gasteiger partial charge in [0.15, 0.2) is 0 Å². The lowest BCUT2D eigenvalue weighted by Gasteiger charge is -2.28. The second kappa shape index (κ2) is 38.1. The third kappa shape index (κ3) is 16.2. The predicted molar refractivity (Wildman–Crippen MR) is 626 cm³/mol. The molecule has 4 aromatic heterocycles. The predicted octanol–water partition coefficient (Wildman–Crippen LogP) is 41.0. The number of nitrogens with zero attached hydrogens (tertiary/aromatic N) is 3. The Morgan fingerprint density at radius 3 is 0.879 bits per heavy atom. The van der Waals surface area contributed by atoms with Crippen molar-refractivity contribution in [2.45, 2.75) is 0 Å². The lowest BCUT2D eigenvalue weighted by Crippen LogP contribution is -2.11. The van der Waals surface area contributed by atoms with Crippen LogP contribution in [0, 0.1) is 0 Å². The molecule has 4 heterocycles. The minimum Gasteiger partial charge on any atom is -0.455 e. The smallest absolute Gasteiger partial charge is 0.143 e. The lowest BCUT2D eigenvalue weighted by atomic mass is 9.93. The summed E-state index contributed by atoms with van der Waals surface area (Å²) in [5, 5.41) is 18.0. The molecule has 700 valence electrons. The van der Waals surface area contributed by atoms with Gasteiger partial charge in [0.2, 0.25) is 0 Å². The van der Waals surface area contributed by atoms with Crippen molar-refractivity contribution in [2.75, 3.05) is 14.7 Å². The van der Waals surface area contributed by atoms with E-state index in [1.807, 2.05) is 12.1 Å². The maximum absolute atomic E-state index is 6.92. The number of benzene rings is 25. The molecule has 0 atom stereocenters. The summed E-state index contributed by atoms with van der Waals surface area (Å²) in [5.74, 6) is 0. The van der Waals surface area contributed by atoms with Crippen LogP contribution in [0.1, 0.15) is 0 Å². The van der Waals surface area contributed by atoms with Crippen LogP contribution in [0.5, 0.6) is 0 Å². The molecule has 0 bridgehead atoms. The van der Waals surface area contributed by atoms with Crippen molar-refractivity contribution in [3.05, 3.63) is 564 Å². The van der Waals surface area contributed by atoms with Crippen LogP contribution in [-0.4, -0.2) is 0 Å². The monoisotopic (exact) mass is 1900 g/mol. The van der Waals surface area contributed by atoms with E-state index in [9.17, 15) is 0 Å². The van der Waals surface area contributed by atoms with Crippen molar-refractivity contribution in [1.29, 1.82) is 0 Å². The highest BCUT2D eigenvalue weighted by Gasteiger charge is 2.29. The molecule has 0 amide bonds. The third-order valence-corrected chi connectivity index (χ3v) is 29.1. The van der Waals surface area contributed by atoms with Gasteiger partial charge in [0.25, 0.3) is 0 Å². The van der Waals surface area contributed by atoms with E-state index in [0.717, 1.165) is 188 Å². The van der Waals surface area contributed by atoms with Gasteiger partial charge in [0.1, 0.15) is 44.7 Å². The average molecular weight is 1910 g/mol. The van der Waals surface area contributed by atoms with E-state index in [1.54, 1.807) is 0 Å². The van der Waals surface area contributed by atoms with Crippen LogP contribution in [0.15, 0.2) is 582 Å². The molecule has 0 N–H and O–H groups in total. The summed E-state index contributed by atoms with van der Waals surface area (Å²) in [4.78, 5) is 7.07. The highest BCUT2D eigenvalue weighted by Crippen LogP contribution is 2.54. The Labute approximate surface area is 861 Å². The van der Waals surface area contributed by atoms with Crippen LogP contribution < -0.4 is 14.7 Å². The summed E-state index contributed by atoms with van der Waals surface area (Å²) >= 11 is 0. The topological polar surface area (TPSA) is 62.3 Å². The second-order valence-corrected chi connectivity index (χ2v) is 37.9. The number of anilines is 9. The number of rotatable bonds is 17. The van der Waals surface area contributed by atoms with Crippen LogP contribution in [0.4, 0.5) is 51.2 Å². The number of furan rings is 4. The molecule has 7 nitrogen and oxygen atoms in total. The Balaban J connectivity index is 0.000000113. The molecule has 0 radical (unpaired) electrons. The van der Waals surface area contributed by atoms with Gasteiger partial charge >= 0.3 is 0 Å². The number of para-hydroxylation sites is 6. The number of hydrogen-bond donors (Lipinski definition) is 0. The van der Waals surface area contributed by atoms with Gasteiger partial charge in [0.05, 0.1) is 38.9 Å². The van der Waals surface area contributed by atoms with Gasteiger partial charge in [0, 0.05) is 82.7 Å². The molecular formula is C142H93N3O4. The molecule has 0 saturated carbocycles. The van der Waals surface area contributed by atoms with E-state index in [-0.39, 0.29) is 0 Å². The lowest BCUT2D eigenvalue weighted by molar-refractivity contribution is 0.670. The van der Waals surface area contributed by atoms with Crippen molar-refractivity contribution in [3.8, 4) is 89.0 Å². The zero-order valence-corrected chi connectivity index (χ0v) is 81.2. The SMILES string of the molecule is c1ccc(-c2ccc(-c3cc4c(oc5cccc(N(c6ccc(-c7cccc8c7oc7ccccc78)cc6)c6ccccc6-c6ccccc6)c54)c4ccccc34)cc2)cc1.c1ccc(-c2cccc(-c3cc4c(oc5cccc(N(c6ccccc6)c6ccc7ccccc7c6)c54)c4ccccc34)c2)cc1.c1ccc(-c2cccc(-c3cc4c(oc5cccc(N(c6ccccc6)c6ccccc6)c54)c4ccccc34)c2)cc1. The van der Waals surface area contributed by atoms with Gasteiger partial charge in [-0.25, -0.2) is 0 Å². The average Bonchev–Trinajstić information content (AvgIpc) is 1.58. The Morgan fingerprint density at radius 1 is 0.121 bits per heavy atom. The zero-order valence-electron chi connectivity index (χ0n) is 81.2. The third-order valence-electron chi connectivity index (χ3n) is 29.1. The molecule has 0 fully saturated rings. The van der Waals surface area contributed by atoms with Crippen LogP contribution in [0.3, 0.4) is 0 Å². The normalized spacial score (nSPS) is 11.5. The van der Waals surface area contributed by atoms with Gasteiger partial charge in [-0.05, 0) is 244 Å². The van der Waals surface area contributed by atoms with E-state index in [2.05, 4.69) is 567 Å². The van der Waals surface area contributed by atoms with Gasteiger partial charge in [-0.1, -0.05) is 425 Å². The Morgan fingerprint density at radius 2 is 0.396 bits per heavy atom. The first-order valence-corrected chi connectivity index (χ1v) is 50.7. The van der Waals surface area contributed by atoms with Crippen molar-refractivity contribution >= 4 is 182 Å². The molecule has 149 heavy (non-hydrogen) atoms. The first-order chi connectivity index (χ1) is 73.9. The van der Waals surface area contributed by atoms with Crippen molar-refractivity contribution < 1.29 is 17.7 Å². The molecule has 0 aliphatic carbocycles. The highest BCUT2D eigenvalue weighted by atomic mass is 16.3. The fourth-order valence-corrected chi connectivity index (χ4v) is 22.2. The van der Waals surface area contributed by atoms with Gasteiger partial charge in [-0.3, -0.25) is 0 Å². The molecule has 0 unspecified atom stereocenters.